The van der Waals surface area contributed by atoms with E-state index in [0.717, 1.165) is 19.3 Å². The van der Waals surface area contributed by atoms with Gasteiger partial charge in [0.2, 0.25) is 0 Å². The number of fused-ring (bicyclic) bond motifs is 2. The Bertz CT molecular complexity index is 1390. The van der Waals surface area contributed by atoms with Crippen molar-refractivity contribution < 1.29 is 54.1 Å². The molecule has 0 aromatic rings. The minimum absolute atomic E-state index is 0.168. The highest BCUT2D eigenvalue weighted by Crippen LogP contribution is 2.49. The van der Waals surface area contributed by atoms with E-state index < -0.39 is 89.0 Å². The van der Waals surface area contributed by atoms with Crippen molar-refractivity contribution in [1.82, 2.24) is 0 Å². The summed E-state index contributed by atoms with van der Waals surface area (Å²) in [4.78, 5) is 40.5. The molecule has 3 rings (SSSR count). The van der Waals surface area contributed by atoms with Crippen LogP contribution in [0.2, 0.25) is 0 Å². The minimum Gasteiger partial charge on any atom is -0.458 e. The Hall–Kier alpha value is -2.25. The van der Waals surface area contributed by atoms with Gasteiger partial charge in [0.25, 0.3) is 0 Å². The van der Waals surface area contributed by atoms with Crippen LogP contribution in [-0.4, -0.2) is 97.2 Å². The molecule has 2 bridgehead atoms. The zero-order valence-electron chi connectivity index (χ0n) is 35.8. The first kappa shape index (κ1) is 48.1. The number of Topliss-reactive ketones (excluding diaryl/α,β-unsaturated/α-hetero) is 2. The molecule has 0 radical (unpaired) electrons. The van der Waals surface area contributed by atoms with Crippen molar-refractivity contribution in [3.8, 4) is 0 Å². The number of hydrogen-bond donors (Lipinski definition) is 5. The molecule has 0 aliphatic carbocycles. The summed E-state index contributed by atoms with van der Waals surface area (Å²) in [5.74, 6) is -7.28. The van der Waals surface area contributed by atoms with E-state index >= 15 is 0 Å². The predicted molar refractivity (Wildman–Crippen MR) is 215 cm³/mol. The van der Waals surface area contributed by atoms with Crippen molar-refractivity contribution in [1.29, 1.82) is 0 Å². The number of aliphatic hydroxyl groups is 5. The van der Waals surface area contributed by atoms with Gasteiger partial charge in [-0.1, -0.05) is 92.7 Å². The van der Waals surface area contributed by atoms with Gasteiger partial charge in [-0.05, 0) is 70.1 Å². The van der Waals surface area contributed by atoms with Crippen LogP contribution in [0.4, 0.5) is 0 Å². The molecule has 0 aromatic carbocycles. The van der Waals surface area contributed by atoms with E-state index in [0.29, 0.717) is 25.7 Å². The van der Waals surface area contributed by atoms with Crippen molar-refractivity contribution in [3.63, 3.8) is 0 Å². The fourth-order valence-corrected chi connectivity index (χ4v) is 9.01. The summed E-state index contributed by atoms with van der Waals surface area (Å²) in [6.07, 6.45) is 9.62. The highest BCUT2D eigenvalue weighted by atomic mass is 16.7. The lowest BCUT2D eigenvalue weighted by Gasteiger charge is -2.55. The first-order valence-electron chi connectivity index (χ1n) is 21.2. The average molecular weight is 791 g/mol. The van der Waals surface area contributed by atoms with E-state index in [2.05, 4.69) is 19.9 Å². The van der Waals surface area contributed by atoms with E-state index in [4.69, 9.17) is 14.2 Å². The predicted octanol–water partition coefficient (Wildman–Crippen LogP) is 5.88. The lowest BCUT2D eigenvalue weighted by atomic mass is 9.74. The Morgan fingerprint density at radius 2 is 1.48 bits per heavy atom. The highest BCUT2D eigenvalue weighted by Gasteiger charge is 2.56. The number of aliphatic hydroxyl groups excluding tert-OH is 4. The maximum Gasteiger partial charge on any atom is 0.330 e. The SMILES string of the molecule is CC[C@H]1/C=C\C=C/C[C@@H](C)[C@H](O)[C@@](C)(O)C(=O)[C@@H](C)[C@H](O)[C@@H](C)C(=O)[C@@H](C)[C@H](O)[C@@H](C)/C=C/C(=O)O[C@@H]2[C@H](C)[C@H](CC1)O[C@@]1(CC[C@@H](C)[C@H](C[C@@H](C)O)O1)[C@H]2C. The van der Waals surface area contributed by atoms with Crippen LogP contribution in [0.25, 0.3) is 0 Å². The van der Waals surface area contributed by atoms with Crippen molar-refractivity contribution in [3.05, 3.63) is 36.5 Å². The number of allylic oxidation sites excluding steroid dienone is 4. The Morgan fingerprint density at radius 3 is 2.11 bits per heavy atom. The Balaban J connectivity index is 1.99. The van der Waals surface area contributed by atoms with Crippen molar-refractivity contribution in [2.45, 2.75) is 175 Å². The molecule has 11 nitrogen and oxygen atoms in total. The van der Waals surface area contributed by atoms with E-state index in [1.807, 2.05) is 32.1 Å². The zero-order chi connectivity index (χ0) is 42.3. The molecule has 56 heavy (non-hydrogen) atoms. The minimum atomic E-state index is -2.18. The smallest absolute Gasteiger partial charge is 0.330 e. The molecule has 0 amide bonds. The van der Waals surface area contributed by atoms with E-state index in [1.54, 1.807) is 20.8 Å². The van der Waals surface area contributed by atoms with E-state index in [-0.39, 0.29) is 35.9 Å². The number of rotatable bonds is 3. The molecular formula is C45H74O11. The van der Waals surface area contributed by atoms with Crippen LogP contribution < -0.4 is 0 Å². The number of ketones is 2. The Kier molecular flexibility index (Phi) is 17.7. The molecule has 3 aliphatic rings. The maximum atomic E-state index is 13.5. The molecule has 1 spiro atoms. The van der Waals surface area contributed by atoms with Crippen LogP contribution in [0.3, 0.4) is 0 Å². The number of hydrogen-bond acceptors (Lipinski definition) is 11. The van der Waals surface area contributed by atoms with Gasteiger partial charge in [0, 0.05) is 48.0 Å². The third-order valence-electron chi connectivity index (χ3n) is 13.4. The molecule has 2 saturated heterocycles. The van der Waals surface area contributed by atoms with Gasteiger partial charge in [-0.25, -0.2) is 4.79 Å². The summed E-state index contributed by atoms with van der Waals surface area (Å²) in [6.45, 7) is 19.1. The molecule has 11 heteroatoms. The lowest BCUT2D eigenvalue weighted by molar-refractivity contribution is -0.371. The summed E-state index contributed by atoms with van der Waals surface area (Å²) >= 11 is 0. The Morgan fingerprint density at radius 1 is 0.839 bits per heavy atom. The second-order valence-electron chi connectivity index (χ2n) is 18.0. The third kappa shape index (κ3) is 11.5. The Labute approximate surface area is 336 Å². The summed E-state index contributed by atoms with van der Waals surface area (Å²) in [5, 5.41) is 55.0. The van der Waals surface area contributed by atoms with Crippen molar-refractivity contribution in [2.24, 2.45) is 53.3 Å². The molecule has 2 fully saturated rings. The second kappa shape index (κ2) is 20.6. The summed E-state index contributed by atoms with van der Waals surface area (Å²) in [6, 6.07) is 0. The molecule has 0 unspecified atom stereocenters. The van der Waals surface area contributed by atoms with E-state index in [1.165, 1.54) is 39.8 Å². The molecule has 0 aromatic heterocycles. The van der Waals surface area contributed by atoms with Gasteiger partial charge in [0.05, 0.1) is 36.6 Å². The van der Waals surface area contributed by atoms with Crippen LogP contribution in [0.5, 0.6) is 0 Å². The lowest BCUT2D eigenvalue weighted by Crippen LogP contribution is -2.62. The number of carbonyl (C=O) groups excluding carboxylic acids is 3. The van der Waals surface area contributed by atoms with Gasteiger partial charge < -0.3 is 39.7 Å². The normalized spacial score (nSPS) is 46.8. The summed E-state index contributed by atoms with van der Waals surface area (Å²) < 4.78 is 20.0. The van der Waals surface area contributed by atoms with Crippen LogP contribution >= 0.6 is 0 Å². The van der Waals surface area contributed by atoms with E-state index in [9.17, 15) is 39.9 Å². The summed E-state index contributed by atoms with van der Waals surface area (Å²) in [7, 11) is 0. The fraction of sp³-hybridized carbons (Fsp3) is 0.800. The maximum absolute atomic E-state index is 13.5. The monoisotopic (exact) mass is 791 g/mol. The molecule has 0 saturated carbocycles. The zero-order valence-corrected chi connectivity index (χ0v) is 35.8. The van der Waals surface area contributed by atoms with Gasteiger partial charge in [0.1, 0.15) is 17.5 Å². The van der Waals surface area contributed by atoms with Crippen LogP contribution in [0, 0.1) is 53.3 Å². The van der Waals surface area contributed by atoms with Gasteiger partial charge in [-0.3, -0.25) is 9.59 Å². The summed E-state index contributed by atoms with van der Waals surface area (Å²) in [5.41, 5.74) is -2.18. The molecular weight excluding hydrogens is 716 g/mol. The second-order valence-corrected chi connectivity index (χ2v) is 18.0. The molecule has 3 aliphatic heterocycles. The molecule has 3 heterocycles. The van der Waals surface area contributed by atoms with Gasteiger partial charge >= 0.3 is 5.97 Å². The quantitative estimate of drug-likeness (QED) is 0.216. The topological polar surface area (TPSA) is 180 Å². The third-order valence-corrected chi connectivity index (χ3v) is 13.4. The largest absolute Gasteiger partial charge is 0.458 e. The molecule has 18 atom stereocenters. The van der Waals surface area contributed by atoms with Crippen molar-refractivity contribution in [2.75, 3.05) is 0 Å². The molecule has 5 N–H and O–H groups in total. The number of carbonyl (C=O) groups is 3. The van der Waals surface area contributed by atoms with Gasteiger partial charge in [0.15, 0.2) is 11.6 Å². The first-order valence-corrected chi connectivity index (χ1v) is 21.2. The van der Waals surface area contributed by atoms with Gasteiger partial charge in [-0.15, -0.1) is 0 Å². The van der Waals surface area contributed by atoms with Crippen LogP contribution in [0.1, 0.15) is 121 Å². The average Bonchev–Trinajstić information content (AvgIpc) is 3.16. The van der Waals surface area contributed by atoms with Crippen LogP contribution in [-0.2, 0) is 28.6 Å². The van der Waals surface area contributed by atoms with Crippen LogP contribution in [0.15, 0.2) is 36.5 Å². The number of esters is 1. The van der Waals surface area contributed by atoms with Crippen molar-refractivity contribution >= 4 is 17.5 Å². The molecule has 320 valence electrons. The number of ether oxygens (including phenoxy) is 3. The van der Waals surface area contributed by atoms with Gasteiger partial charge in [-0.2, -0.15) is 0 Å². The highest BCUT2D eigenvalue weighted by molar-refractivity contribution is 5.91. The first-order chi connectivity index (χ1) is 26.1. The fourth-order valence-electron chi connectivity index (χ4n) is 9.01. The standard InChI is InChI=1S/C45H74O11/c1-12-34-17-15-13-14-16-27(4)42(51)44(11,53)43(52)32(9)40(50)31(8)39(49)30(7)38(48)26(3)18-21-37(47)54-41-29(6)35(20-19-34)55-45(33(41)10)23-22-25(2)36(56-45)24-28(5)46/h13-15,17-18,21,25-36,38,40-42,46,48,50-51,53H,12,16,19-20,22-24H2,1-11H3/b14-13-,17-15-,21-18+/t25-,26+,27-,28-,29-,30+,31+,32+,33+,34+,35+,36+,38-,40-,41-,42+,44-,45-/m1/s1.